The van der Waals surface area contributed by atoms with Crippen molar-refractivity contribution in [1.29, 1.82) is 0 Å². The van der Waals surface area contributed by atoms with Gasteiger partial charge in [0.25, 0.3) is 0 Å². The fourth-order valence-corrected chi connectivity index (χ4v) is 2.19. The zero-order valence-electron chi connectivity index (χ0n) is 9.88. The first-order valence-corrected chi connectivity index (χ1v) is 6.14. The minimum absolute atomic E-state index is 0.276. The van der Waals surface area contributed by atoms with Gasteiger partial charge in [0.1, 0.15) is 0 Å². The van der Waals surface area contributed by atoms with E-state index in [1.165, 1.54) is 19.3 Å². The van der Waals surface area contributed by atoms with Gasteiger partial charge in [-0.2, -0.15) is 0 Å². The van der Waals surface area contributed by atoms with E-state index in [1.807, 2.05) is 0 Å². The molecule has 3 unspecified atom stereocenters. The molecule has 1 saturated carbocycles. The molecule has 0 aromatic rings. The molecule has 1 fully saturated rings. The second kappa shape index (κ2) is 6.28. The van der Waals surface area contributed by atoms with Crippen molar-refractivity contribution in [2.24, 2.45) is 5.92 Å². The summed E-state index contributed by atoms with van der Waals surface area (Å²) in [6.07, 6.45) is 3.85. The van der Waals surface area contributed by atoms with Crippen LogP contribution in [0.2, 0.25) is 0 Å². The maximum Gasteiger partial charge on any atom is 0.166 e. The molecule has 0 bridgehead atoms. The van der Waals surface area contributed by atoms with Crippen molar-refractivity contribution in [2.45, 2.75) is 45.2 Å². The third kappa shape index (κ3) is 4.80. The van der Waals surface area contributed by atoms with Crippen LogP contribution in [-0.2, 0) is 4.74 Å². The van der Waals surface area contributed by atoms with E-state index in [1.54, 1.807) is 7.11 Å². The van der Waals surface area contributed by atoms with E-state index >= 15 is 0 Å². The Morgan fingerprint density at radius 1 is 1.60 bits per heavy atom. The molecule has 0 aliphatic heterocycles. The zero-order chi connectivity index (χ0) is 11.3. The van der Waals surface area contributed by atoms with Crippen LogP contribution in [0.5, 0.6) is 0 Å². The van der Waals surface area contributed by atoms with E-state index < -0.39 is 0 Å². The van der Waals surface area contributed by atoms with Gasteiger partial charge in [-0.15, -0.1) is 0 Å². The van der Waals surface area contributed by atoms with Crippen molar-refractivity contribution in [3.05, 3.63) is 0 Å². The Kier molecular flexibility index (Phi) is 5.32. The highest BCUT2D eigenvalue weighted by Gasteiger charge is 2.36. The standard InChI is InChI=1S/C11H22N2OS/c1-4-5-9-6-10(9)13-11(15)12-8(2)7-14-3/h8-10H,4-7H2,1-3H3,(H2,12,13,15). The first-order valence-electron chi connectivity index (χ1n) is 5.73. The van der Waals surface area contributed by atoms with Gasteiger partial charge in [0.05, 0.1) is 6.61 Å². The molecule has 0 heterocycles. The molecule has 1 aliphatic carbocycles. The van der Waals surface area contributed by atoms with Crippen molar-refractivity contribution in [3.8, 4) is 0 Å². The van der Waals surface area contributed by atoms with Crippen LogP contribution >= 0.6 is 12.2 Å². The number of hydrogen-bond acceptors (Lipinski definition) is 2. The molecule has 15 heavy (non-hydrogen) atoms. The third-order valence-corrected chi connectivity index (χ3v) is 2.93. The Morgan fingerprint density at radius 3 is 2.93 bits per heavy atom. The van der Waals surface area contributed by atoms with Crippen LogP contribution in [0.15, 0.2) is 0 Å². The van der Waals surface area contributed by atoms with Crippen LogP contribution in [0.25, 0.3) is 0 Å². The van der Waals surface area contributed by atoms with E-state index in [9.17, 15) is 0 Å². The molecule has 0 spiro atoms. The number of hydrogen-bond donors (Lipinski definition) is 2. The van der Waals surface area contributed by atoms with Gasteiger partial charge in [0.2, 0.25) is 0 Å². The smallest absolute Gasteiger partial charge is 0.166 e. The van der Waals surface area contributed by atoms with Crippen LogP contribution in [0.4, 0.5) is 0 Å². The fraction of sp³-hybridized carbons (Fsp3) is 0.909. The molecule has 3 atom stereocenters. The average molecular weight is 230 g/mol. The second-order valence-corrected chi connectivity index (χ2v) is 4.77. The topological polar surface area (TPSA) is 33.3 Å². The van der Waals surface area contributed by atoms with Crippen molar-refractivity contribution in [2.75, 3.05) is 13.7 Å². The molecule has 0 amide bonds. The highest BCUT2D eigenvalue weighted by Crippen LogP contribution is 2.34. The summed E-state index contributed by atoms with van der Waals surface area (Å²) in [6, 6.07) is 0.887. The molecule has 1 rings (SSSR count). The SMILES string of the molecule is CCCC1CC1NC(=S)NC(C)COC. The highest BCUT2D eigenvalue weighted by molar-refractivity contribution is 7.80. The summed E-state index contributed by atoms with van der Waals surface area (Å²) in [6.45, 7) is 4.98. The number of nitrogens with one attached hydrogen (secondary N) is 2. The minimum Gasteiger partial charge on any atom is -0.383 e. The van der Waals surface area contributed by atoms with E-state index in [0.29, 0.717) is 12.6 Å². The molecule has 0 saturated heterocycles. The quantitative estimate of drug-likeness (QED) is 0.680. The molecule has 1 aliphatic rings. The lowest BCUT2D eigenvalue weighted by atomic mass is 10.2. The van der Waals surface area contributed by atoms with Crippen LogP contribution < -0.4 is 10.6 Å². The Hall–Kier alpha value is -0.350. The van der Waals surface area contributed by atoms with Gasteiger partial charge in [-0.3, -0.25) is 0 Å². The van der Waals surface area contributed by atoms with Crippen molar-refractivity contribution in [1.82, 2.24) is 10.6 Å². The first kappa shape index (κ1) is 12.7. The summed E-state index contributed by atoms with van der Waals surface area (Å²) in [5.74, 6) is 0.840. The van der Waals surface area contributed by atoms with Gasteiger partial charge >= 0.3 is 0 Å². The number of rotatable bonds is 6. The van der Waals surface area contributed by atoms with Gasteiger partial charge in [0.15, 0.2) is 5.11 Å². The zero-order valence-corrected chi connectivity index (χ0v) is 10.7. The Morgan fingerprint density at radius 2 is 2.33 bits per heavy atom. The summed E-state index contributed by atoms with van der Waals surface area (Å²) in [7, 11) is 1.70. The van der Waals surface area contributed by atoms with Gasteiger partial charge in [-0.25, -0.2) is 0 Å². The number of thiocarbonyl (C=S) groups is 1. The van der Waals surface area contributed by atoms with E-state index in [0.717, 1.165) is 11.0 Å². The summed E-state index contributed by atoms with van der Waals surface area (Å²) < 4.78 is 5.03. The lowest BCUT2D eigenvalue weighted by molar-refractivity contribution is 0.179. The van der Waals surface area contributed by atoms with Crippen molar-refractivity contribution < 1.29 is 4.74 Å². The lowest BCUT2D eigenvalue weighted by Crippen LogP contribution is -2.43. The van der Waals surface area contributed by atoms with Crippen molar-refractivity contribution >= 4 is 17.3 Å². The van der Waals surface area contributed by atoms with Crippen LogP contribution in [0.3, 0.4) is 0 Å². The third-order valence-electron chi connectivity index (χ3n) is 2.69. The lowest BCUT2D eigenvalue weighted by Gasteiger charge is -2.16. The molecule has 0 aromatic carbocycles. The van der Waals surface area contributed by atoms with E-state index in [2.05, 4.69) is 24.5 Å². The predicted molar refractivity (Wildman–Crippen MR) is 67.0 cm³/mol. The predicted octanol–water partition coefficient (Wildman–Crippen LogP) is 1.67. The van der Waals surface area contributed by atoms with Gasteiger partial charge < -0.3 is 15.4 Å². The minimum atomic E-state index is 0.276. The number of ether oxygens (including phenoxy) is 1. The summed E-state index contributed by atoms with van der Waals surface area (Å²) in [5, 5.41) is 7.32. The fourth-order valence-electron chi connectivity index (χ4n) is 1.84. The highest BCUT2D eigenvalue weighted by atomic mass is 32.1. The molecular weight excluding hydrogens is 208 g/mol. The normalized spacial score (nSPS) is 25.8. The molecule has 3 nitrogen and oxygen atoms in total. The van der Waals surface area contributed by atoms with E-state index in [-0.39, 0.29) is 6.04 Å². The van der Waals surface area contributed by atoms with Gasteiger partial charge in [-0.05, 0) is 37.9 Å². The average Bonchev–Trinajstić information content (AvgIpc) is 2.84. The number of methoxy groups -OCH3 is 1. The molecule has 4 heteroatoms. The molecule has 2 N–H and O–H groups in total. The molecule has 0 radical (unpaired) electrons. The molecular formula is C11H22N2OS. The Balaban J connectivity index is 2.09. The summed E-state index contributed by atoms with van der Waals surface area (Å²) in [5.41, 5.74) is 0. The van der Waals surface area contributed by atoms with Crippen molar-refractivity contribution in [3.63, 3.8) is 0 Å². The van der Waals surface area contributed by atoms with Crippen LogP contribution in [0, 0.1) is 5.92 Å². The van der Waals surface area contributed by atoms with Gasteiger partial charge in [0, 0.05) is 19.2 Å². The van der Waals surface area contributed by atoms with E-state index in [4.69, 9.17) is 17.0 Å². The Labute approximate surface area is 98.0 Å². The molecule has 0 aromatic heterocycles. The summed E-state index contributed by atoms with van der Waals surface area (Å²) in [4.78, 5) is 0. The van der Waals surface area contributed by atoms with Crippen LogP contribution in [0.1, 0.15) is 33.1 Å². The first-order chi connectivity index (χ1) is 7.17. The maximum atomic E-state index is 5.22. The van der Waals surface area contributed by atoms with Gasteiger partial charge in [-0.1, -0.05) is 13.3 Å². The maximum absolute atomic E-state index is 5.22. The Bertz CT molecular complexity index is 211. The molecule has 88 valence electrons. The monoisotopic (exact) mass is 230 g/mol. The largest absolute Gasteiger partial charge is 0.383 e. The second-order valence-electron chi connectivity index (χ2n) is 4.37. The van der Waals surface area contributed by atoms with Crippen LogP contribution in [-0.4, -0.2) is 30.9 Å². The summed E-state index contributed by atoms with van der Waals surface area (Å²) >= 11 is 5.22.